The van der Waals surface area contributed by atoms with Gasteiger partial charge in [0.1, 0.15) is 0 Å². The van der Waals surface area contributed by atoms with E-state index in [0.717, 1.165) is 19.3 Å². The van der Waals surface area contributed by atoms with Crippen molar-refractivity contribution in [1.29, 1.82) is 0 Å². The van der Waals surface area contributed by atoms with Crippen LogP contribution in [0.3, 0.4) is 0 Å². The second kappa shape index (κ2) is 6.50. The summed E-state index contributed by atoms with van der Waals surface area (Å²) in [5.74, 6) is 0.375. The zero-order valence-electron chi connectivity index (χ0n) is 13.8. The Hall–Kier alpha value is -0.860. The zero-order chi connectivity index (χ0) is 15.5. The van der Waals surface area contributed by atoms with Crippen molar-refractivity contribution in [2.24, 2.45) is 16.6 Å². The van der Waals surface area contributed by atoms with Gasteiger partial charge in [0.15, 0.2) is 0 Å². The molecule has 1 aliphatic carbocycles. The predicted molar refractivity (Wildman–Crippen MR) is 89.2 cm³/mol. The summed E-state index contributed by atoms with van der Waals surface area (Å²) >= 11 is 0. The highest BCUT2D eigenvalue weighted by molar-refractivity contribution is 5.19. The third-order valence-electron chi connectivity index (χ3n) is 5.66. The summed E-state index contributed by atoms with van der Waals surface area (Å²) in [6, 6.07) is 10.5. The Morgan fingerprint density at radius 3 is 2.19 bits per heavy atom. The maximum absolute atomic E-state index is 10.8. The summed E-state index contributed by atoms with van der Waals surface area (Å²) in [4.78, 5) is 0. The quantitative estimate of drug-likeness (QED) is 0.857. The van der Waals surface area contributed by atoms with E-state index in [1.54, 1.807) is 0 Å². The topological polar surface area (TPSA) is 46.2 Å². The number of benzene rings is 1. The predicted octanol–water partition coefficient (Wildman–Crippen LogP) is 4.09. The third kappa shape index (κ3) is 3.87. The van der Waals surface area contributed by atoms with E-state index in [2.05, 4.69) is 45.0 Å². The van der Waals surface area contributed by atoms with Crippen LogP contribution in [0, 0.1) is 10.8 Å². The van der Waals surface area contributed by atoms with Gasteiger partial charge in [-0.15, -0.1) is 0 Å². The Bertz CT molecular complexity index is 430. The molecule has 1 fully saturated rings. The molecule has 2 heteroatoms. The normalized spacial score (nSPS) is 23.5. The van der Waals surface area contributed by atoms with Crippen molar-refractivity contribution < 1.29 is 5.11 Å². The van der Waals surface area contributed by atoms with E-state index in [0.29, 0.717) is 17.9 Å². The number of rotatable bonds is 5. The van der Waals surface area contributed by atoms with Gasteiger partial charge in [-0.05, 0) is 49.0 Å². The fourth-order valence-electron chi connectivity index (χ4n) is 3.60. The van der Waals surface area contributed by atoms with E-state index in [1.165, 1.54) is 18.4 Å². The number of hydrogen-bond donors (Lipinski definition) is 2. The fourth-order valence-corrected chi connectivity index (χ4v) is 3.60. The van der Waals surface area contributed by atoms with Gasteiger partial charge in [-0.25, -0.2) is 0 Å². The molecule has 0 heterocycles. The molecule has 118 valence electrons. The largest absolute Gasteiger partial charge is 0.392 e. The Balaban J connectivity index is 2.02. The van der Waals surface area contributed by atoms with Gasteiger partial charge >= 0.3 is 0 Å². The van der Waals surface area contributed by atoms with Gasteiger partial charge in [0.2, 0.25) is 0 Å². The van der Waals surface area contributed by atoms with E-state index in [4.69, 9.17) is 5.73 Å². The van der Waals surface area contributed by atoms with Crippen LogP contribution in [0.15, 0.2) is 30.3 Å². The smallest absolute Gasteiger partial charge is 0.0614 e. The minimum Gasteiger partial charge on any atom is -0.392 e. The number of nitrogens with two attached hydrogens (primary N) is 1. The molecule has 0 bridgehead atoms. The van der Waals surface area contributed by atoms with Crippen molar-refractivity contribution in [1.82, 2.24) is 0 Å². The third-order valence-corrected chi connectivity index (χ3v) is 5.66. The Morgan fingerprint density at radius 2 is 1.67 bits per heavy atom. The van der Waals surface area contributed by atoms with Crippen LogP contribution < -0.4 is 5.73 Å². The van der Waals surface area contributed by atoms with Crippen LogP contribution in [0.5, 0.6) is 0 Å². The summed E-state index contributed by atoms with van der Waals surface area (Å²) in [7, 11) is 0. The maximum atomic E-state index is 10.8. The molecule has 0 spiro atoms. The van der Waals surface area contributed by atoms with Crippen molar-refractivity contribution in [3.63, 3.8) is 0 Å². The second-order valence-corrected chi connectivity index (χ2v) is 7.79. The zero-order valence-corrected chi connectivity index (χ0v) is 13.8. The van der Waals surface area contributed by atoms with Crippen molar-refractivity contribution in [2.45, 2.75) is 64.9 Å². The van der Waals surface area contributed by atoms with E-state index in [9.17, 15) is 5.11 Å². The summed E-state index contributed by atoms with van der Waals surface area (Å²) in [6.07, 6.45) is 4.95. The molecular weight excluding hydrogens is 258 g/mol. The summed E-state index contributed by atoms with van der Waals surface area (Å²) in [5.41, 5.74) is 7.72. The molecule has 21 heavy (non-hydrogen) atoms. The standard InChI is InChI=1S/C19H31NO/c1-15(16-7-5-4-6-8-16)13-17(21)19(14-20)11-9-18(2,3)10-12-19/h4-8,15,17,21H,9-14,20H2,1-3H3. The van der Waals surface area contributed by atoms with Crippen molar-refractivity contribution in [3.8, 4) is 0 Å². The first-order valence-electron chi connectivity index (χ1n) is 8.32. The van der Waals surface area contributed by atoms with Gasteiger partial charge < -0.3 is 10.8 Å². The van der Waals surface area contributed by atoms with E-state index >= 15 is 0 Å². The lowest BCUT2D eigenvalue weighted by molar-refractivity contribution is -0.0286. The molecule has 1 aromatic carbocycles. The fraction of sp³-hybridized carbons (Fsp3) is 0.684. The van der Waals surface area contributed by atoms with Crippen molar-refractivity contribution in [3.05, 3.63) is 35.9 Å². The first-order valence-corrected chi connectivity index (χ1v) is 8.32. The van der Waals surface area contributed by atoms with E-state index in [1.807, 2.05) is 6.07 Å². The van der Waals surface area contributed by atoms with Gasteiger partial charge in [-0.2, -0.15) is 0 Å². The van der Waals surface area contributed by atoms with Crippen LogP contribution in [0.25, 0.3) is 0 Å². The summed E-state index contributed by atoms with van der Waals surface area (Å²) in [5, 5.41) is 10.8. The number of aliphatic hydroxyl groups is 1. The van der Waals surface area contributed by atoms with Crippen molar-refractivity contribution >= 4 is 0 Å². The maximum Gasteiger partial charge on any atom is 0.0614 e. The Labute approximate surface area is 129 Å². The molecule has 0 amide bonds. The highest BCUT2D eigenvalue weighted by Crippen LogP contribution is 2.47. The van der Waals surface area contributed by atoms with Gasteiger partial charge in [-0.1, -0.05) is 51.1 Å². The Kier molecular flexibility index (Phi) is 5.11. The average molecular weight is 289 g/mol. The minimum atomic E-state index is -0.297. The van der Waals surface area contributed by atoms with Crippen LogP contribution in [0.1, 0.15) is 64.4 Å². The van der Waals surface area contributed by atoms with Crippen LogP contribution in [0.2, 0.25) is 0 Å². The molecule has 2 nitrogen and oxygen atoms in total. The first-order chi connectivity index (χ1) is 9.88. The van der Waals surface area contributed by atoms with Gasteiger partial charge in [0.05, 0.1) is 6.10 Å². The molecule has 3 N–H and O–H groups in total. The van der Waals surface area contributed by atoms with Crippen LogP contribution in [-0.2, 0) is 0 Å². The molecule has 0 aromatic heterocycles. The summed E-state index contributed by atoms with van der Waals surface area (Å²) in [6.45, 7) is 7.46. The van der Waals surface area contributed by atoms with Crippen LogP contribution in [0.4, 0.5) is 0 Å². The molecular formula is C19H31NO. The lowest BCUT2D eigenvalue weighted by atomic mass is 9.61. The lowest BCUT2D eigenvalue weighted by Crippen LogP contribution is -2.46. The summed E-state index contributed by atoms with van der Waals surface area (Å²) < 4.78 is 0. The van der Waals surface area contributed by atoms with Gasteiger partial charge in [0.25, 0.3) is 0 Å². The highest BCUT2D eigenvalue weighted by atomic mass is 16.3. The first kappa shape index (κ1) is 16.5. The molecule has 0 saturated heterocycles. The molecule has 0 radical (unpaired) electrons. The van der Waals surface area contributed by atoms with Crippen LogP contribution >= 0.6 is 0 Å². The van der Waals surface area contributed by atoms with Crippen molar-refractivity contribution in [2.75, 3.05) is 6.54 Å². The molecule has 2 atom stereocenters. The van der Waals surface area contributed by atoms with Gasteiger partial charge in [0, 0.05) is 12.0 Å². The van der Waals surface area contributed by atoms with Gasteiger partial charge in [-0.3, -0.25) is 0 Å². The SMILES string of the molecule is CC(CC(O)C1(CN)CCC(C)(C)CC1)c1ccccc1. The van der Waals surface area contributed by atoms with E-state index < -0.39 is 0 Å². The monoisotopic (exact) mass is 289 g/mol. The highest BCUT2D eigenvalue weighted by Gasteiger charge is 2.42. The molecule has 2 rings (SSSR count). The molecule has 1 saturated carbocycles. The molecule has 2 unspecified atom stereocenters. The average Bonchev–Trinajstić information content (AvgIpc) is 2.48. The van der Waals surface area contributed by atoms with E-state index in [-0.39, 0.29) is 11.5 Å². The Morgan fingerprint density at radius 1 is 1.10 bits per heavy atom. The molecule has 1 aliphatic rings. The lowest BCUT2D eigenvalue weighted by Gasteiger charge is -2.46. The number of hydrogen-bond acceptors (Lipinski definition) is 2. The molecule has 1 aromatic rings. The second-order valence-electron chi connectivity index (χ2n) is 7.79. The molecule has 0 aliphatic heterocycles. The van der Waals surface area contributed by atoms with Crippen LogP contribution in [-0.4, -0.2) is 17.8 Å². The minimum absolute atomic E-state index is 0.0709. The number of aliphatic hydroxyl groups excluding tert-OH is 1.